The summed E-state index contributed by atoms with van der Waals surface area (Å²) in [7, 11) is -3.69. The summed E-state index contributed by atoms with van der Waals surface area (Å²) < 4.78 is 29.9. The molecular weight excluding hydrogens is 669 g/mol. The molecule has 7 aromatic carbocycles. The number of hydrogen-bond donors (Lipinski definition) is 0. The molecule has 9 aromatic rings. The van der Waals surface area contributed by atoms with Gasteiger partial charge < -0.3 is 9.30 Å². The predicted octanol–water partition coefficient (Wildman–Crippen LogP) is 12.2. The van der Waals surface area contributed by atoms with E-state index in [1.807, 2.05) is 36.4 Å². The normalized spacial score (nSPS) is 13.5. The highest BCUT2D eigenvalue weighted by atomic mass is 32.2. The van der Waals surface area contributed by atoms with Crippen LogP contribution in [-0.2, 0) is 9.84 Å². The maximum Gasteiger partial charge on any atom is 0.206 e. The molecule has 0 aliphatic heterocycles. The second kappa shape index (κ2) is 12.4. The van der Waals surface area contributed by atoms with Gasteiger partial charge in [0, 0.05) is 38.6 Å². The Hall–Kier alpha value is -6.43. The van der Waals surface area contributed by atoms with E-state index < -0.39 is 9.84 Å². The van der Waals surface area contributed by atoms with E-state index in [0.29, 0.717) is 4.90 Å². The first-order valence-electron chi connectivity index (χ1n) is 18.0. The molecule has 0 spiro atoms. The van der Waals surface area contributed by atoms with Crippen LogP contribution >= 0.6 is 0 Å². The molecule has 2 aromatic heterocycles. The van der Waals surface area contributed by atoms with Crippen molar-refractivity contribution in [3.05, 3.63) is 193 Å². The van der Waals surface area contributed by atoms with Crippen LogP contribution in [-0.4, -0.2) is 12.8 Å². The first-order chi connectivity index (χ1) is 26.0. The minimum atomic E-state index is -3.69. The second-order valence-electron chi connectivity index (χ2n) is 13.7. The Morgan fingerprint density at radius 3 is 1.64 bits per heavy atom. The molecular formula is C48H34N2O2S. The molecule has 0 bridgehead atoms. The van der Waals surface area contributed by atoms with Gasteiger partial charge in [-0.25, -0.2) is 8.42 Å². The standard InChI is InChI=1S/C48H34N2O2S/c51-53(52,40-27-20-34(21-28-40)33-18-25-39(26-19-33)49(37-10-3-1-4-11-37)38-12-5-2-6-13-38)41-29-22-35(23-30-41)36-24-31-47-45(32-36)44-16-9-15-43-42-14-7-8-17-46(42)50(47)48(43)44/h1-18,20-25,27-32H,19,26H2. The van der Waals surface area contributed by atoms with Crippen LogP contribution in [0.4, 0.5) is 11.4 Å². The monoisotopic (exact) mass is 702 g/mol. The summed E-state index contributed by atoms with van der Waals surface area (Å²) >= 11 is 0. The fraction of sp³-hybridized carbons (Fsp3) is 0.0417. The second-order valence-corrected chi connectivity index (χ2v) is 15.6. The van der Waals surface area contributed by atoms with Crippen molar-refractivity contribution in [3.63, 3.8) is 0 Å². The Bertz CT molecular complexity index is 2940. The molecule has 0 unspecified atom stereocenters. The molecule has 0 amide bonds. The first-order valence-corrected chi connectivity index (χ1v) is 19.5. The summed E-state index contributed by atoms with van der Waals surface area (Å²) in [5.74, 6) is 0. The lowest BCUT2D eigenvalue weighted by atomic mass is 9.95. The molecule has 1 aliphatic rings. The Morgan fingerprint density at radius 2 is 1.00 bits per heavy atom. The molecule has 0 N–H and O–H groups in total. The Kier molecular flexibility index (Phi) is 7.31. The van der Waals surface area contributed by atoms with Gasteiger partial charge in [-0.05, 0) is 108 Å². The summed E-state index contributed by atoms with van der Waals surface area (Å²) in [5, 5.41) is 4.93. The van der Waals surface area contributed by atoms with Crippen LogP contribution in [0.1, 0.15) is 18.4 Å². The molecule has 254 valence electrons. The third kappa shape index (κ3) is 5.15. The van der Waals surface area contributed by atoms with Crippen molar-refractivity contribution in [2.24, 2.45) is 0 Å². The number of fused-ring (bicyclic) bond motifs is 6. The molecule has 53 heavy (non-hydrogen) atoms. The van der Waals surface area contributed by atoms with Crippen molar-refractivity contribution in [2.75, 3.05) is 4.90 Å². The van der Waals surface area contributed by atoms with Crippen LogP contribution in [0.25, 0.3) is 54.8 Å². The van der Waals surface area contributed by atoms with Crippen LogP contribution in [0.2, 0.25) is 0 Å². The van der Waals surface area contributed by atoms with Gasteiger partial charge in [0.05, 0.1) is 26.3 Å². The summed E-state index contributed by atoms with van der Waals surface area (Å²) in [5.41, 5.74) is 11.3. The Balaban J connectivity index is 0.912. The van der Waals surface area contributed by atoms with Gasteiger partial charge in [-0.15, -0.1) is 0 Å². The van der Waals surface area contributed by atoms with Crippen LogP contribution in [0.3, 0.4) is 0 Å². The number of anilines is 2. The SMILES string of the molecule is O=S(=O)(c1ccc(C2=CC=C(N(c3ccccc3)c3ccccc3)CC2)cc1)c1ccc(-c2ccc3c(c2)c2cccc4c5ccccc5n3c42)cc1. The molecule has 0 atom stereocenters. The van der Waals surface area contributed by atoms with Crippen molar-refractivity contribution in [2.45, 2.75) is 22.6 Å². The lowest BCUT2D eigenvalue weighted by Crippen LogP contribution is -2.17. The minimum absolute atomic E-state index is 0.286. The van der Waals surface area contributed by atoms with E-state index in [2.05, 4.69) is 131 Å². The average molecular weight is 703 g/mol. The molecule has 0 radical (unpaired) electrons. The molecule has 0 fully saturated rings. The molecule has 1 aliphatic carbocycles. The quantitative estimate of drug-likeness (QED) is 0.166. The summed E-state index contributed by atoms with van der Waals surface area (Å²) in [4.78, 5) is 2.88. The van der Waals surface area contributed by atoms with Gasteiger partial charge >= 0.3 is 0 Å². The van der Waals surface area contributed by atoms with E-state index in [4.69, 9.17) is 0 Å². The van der Waals surface area contributed by atoms with Crippen LogP contribution < -0.4 is 4.90 Å². The molecule has 10 rings (SSSR count). The summed E-state index contributed by atoms with van der Waals surface area (Å²) in [6, 6.07) is 57.1. The van der Waals surface area contributed by atoms with E-state index in [1.165, 1.54) is 49.4 Å². The summed E-state index contributed by atoms with van der Waals surface area (Å²) in [6.45, 7) is 0. The highest BCUT2D eigenvalue weighted by Crippen LogP contribution is 2.41. The largest absolute Gasteiger partial charge is 0.314 e. The van der Waals surface area contributed by atoms with Gasteiger partial charge in [0.25, 0.3) is 0 Å². The number of aromatic nitrogens is 1. The van der Waals surface area contributed by atoms with E-state index >= 15 is 0 Å². The number of nitrogens with zero attached hydrogens (tertiary/aromatic N) is 2. The van der Waals surface area contributed by atoms with Crippen LogP contribution in [0.5, 0.6) is 0 Å². The third-order valence-electron chi connectivity index (χ3n) is 10.7. The van der Waals surface area contributed by atoms with Crippen molar-refractivity contribution < 1.29 is 8.42 Å². The van der Waals surface area contributed by atoms with Crippen molar-refractivity contribution >= 4 is 64.9 Å². The van der Waals surface area contributed by atoms with E-state index in [1.54, 1.807) is 24.3 Å². The third-order valence-corrected chi connectivity index (χ3v) is 12.5. The molecule has 5 heteroatoms. The number of rotatable bonds is 7. The van der Waals surface area contributed by atoms with Gasteiger partial charge in [0.15, 0.2) is 0 Å². The van der Waals surface area contributed by atoms with Gasteiger partial charge in [-0.1, -0.05) is 109 Å². The number of allylic oxidation sites excluding steroid dienone is 4. The van der Waals surface area contributed by atoms with Crippen molar-refractivity contribution in [3.8, 4) is 11.1 Å². The van der Waals surface area contributed by atoms with Crippen molar-refractivity contribution in [1.29, 1.82) is 0 Å². The Morgan fingerprint density at radius 1 is 0.453 bits per heavy atom. The van der Waals surface area contributed by atoms with E-state index in [0.717, 1.165) is 40.9 Å². The molecule has 4 nitrogen and oxygen atoms in total. The zero-order chi connectivity index (χ0) is 35.5. The predicted molar refractivity (Wildman–Crippen MR) is 219 cm³/mol. The number of para-hydroxylation sites is 4. The van der Waals surface area contributed by atoms with E-state index in [9.17, 15) is 8.42 Å². The van der Waals surface area contributed by atoms with Gasteiger partial charge in [0.2, 0.25) is 9.84 Å². The molecule has 0 saturated heterocycles. The van der Waals surface area contributed by atoms with Crippen molar-refractivity contribution in [1.82, 2.24) is 4.40 Å². The minimum Gasteiger partial charge on any atom is -0.314 e. The number of benzene rings is 7. The van der Waals surface area contributed by atoms with E-state index in [-0.39, 0.29) is 4.90 Å². The lowest BCUT2D eigenvalue weighted by molar-refractivity contribution is 0.596. The topological polar surface area (TPSA) is 41.8 Å². The molecule has 0 saturated carbocycles. The number of sulfone groups is 1. The highest BCUT2D eigenvalue weighted by Gasteiger charge is 2.21. The van der Waals surface area contributed by atoms with Crippen LogP contribution in [0.15, 0.2) is 197 Å². The zero-order valence-electron chi connectivity index (χ0n) is 28.9. The number of hydrogen-bond acceptors (Lipinski definition) is 3. The van der Waals surface area contributed by atoms with Gasteiger partial charge in [0.1, 0.15) is 0 Å². The maximum atomic E-state index is 13.8. The van der Waals surface area contributed by atoms with Crippen LogP contribution in [0, 0.1) is 0 Å². The lowest BCUT2D eigenvalue weighted by Gasteiger charge is -2.29. The zero-order valence-corrected chi connectivity index (χ0v) is 29.7. The highest BCUT2D eigenvalue weighted by molar-refractivity contribution is 7.91. The first kappa shape index (κ1) is 31.3. The average Bonchev–Trinajstić information content (AvgIpc) is 3.74. The Labute approximate surface area is 308 Å². The molecule has 2 heterocycles. The fourth-order valence-electron chi connectivity index (χ4n) is 8.11. The summed E-state index contributed by atoms with van der Waals surface area (Å²) in [6.07, 6.45) is 6.08. The van der Waals surface area contributed by atoms with Gasteiger partial charge in [-0.2, -0.15) is 0 Å². The fourth-order valence-corrected chi connectivity index (χ4v) is 9.37. The maximum absolute atomic E-state index is 13.8. The smallest absolute Gasteiger partial charge is 0.206 e. The van der Waals surface area contributed by atoms with Gasteiger partial charge in [-0.3, -0.25) is 0 Å².